The summed E-state index contributed by atoms with van der Waals surface area (Å²) in [5.41, 5.74) is 4.03. The molecule has 0 spiro atoms. The lowest BCUT2D eigenvalue weighted by atomic mass is 10.1. The first kappa shape index (κ1) is 11.5. The number of hydrogen-bond donors (Lipinski definition) is 0. The predicted octanol–water partition coefficient (Wildman–Crippen LogP) is 5.28. The Morgan fingerprint density at radius 1 is 0.850 bits per heavy atom. The third-order valence-electron chi connectivity index (χ3n) is 4.22. The highest BCUT2D eigenvalue weighted by molar-refractivity contribution is 6.17. The van der Waals surface area contributed by atoms with E-state index in [4.69, 9.17) is 0 Å². The Balaban J connectivity index is 2.34. The molecule has 1 heteroatoms. The van der Waals surface area contributed by atoms with Crippen molar-refractivity contribution in [2.45, 2.75) is 20.4 Å². The SMILES string of the molecule is CCn1c2cc(C)ccc2c2ccc3ccccc3c21. The molecule has 98 valence electrons. The van der Waals surface area contributed by atoms with Crippen LogP contribution in [0, 0.1) is 6.92 Å². The van der Waals surface area contributed by atoms with Gasteiger partial charge < -0.3 is 4.57 Å². The molecule has 0 bridgehead atoms. The largest absolute Gasteiger partial charge is 0.340 e. The number of hydrogen-bond acceptors (Lipinski definition) is 0. The molecule has 0 unspecified atom stereocenters. The molecule has 0 saturated heterocycles. The fourth-order valence-electron chi connectivity index (χ4n) is 3.30. The third-order valence-corrected chi connectivity index (χ3v) is 4.22. The first-order valence-electron chi connectivity index (χ1n) is 7.20. The van der Waals surface area contributed by atoms with E-state index in [1.807, 2.05) is 0 Å². The van der Waals surface area contributed by atoms with Crippen molar-refractivity contribution in [3.05, 3.63) is 60.2 Å². The molecule has 0 aliphatic carbocycles. The third kappa shape index (κ3) is 1.44. The van der Waals surface area contributed by atoms with E-state index in [1.165, 1.54) is 38.1 Å². The molecule has 1 nitrogen and oxygen atoms in total. The molecule has 0 saturated carbocycles. The highest BCUT2D eigenvalue weighted by atomic mass is 15.0. The maximum absolute atomic E-state index is 2.44. The maximum atomic E-state index is 2.44. The summed E-state index contributed by atoms with van der Waals surface area (Å²) in [7, 11) is 0. The first-order chi connectivity index (χ1) is 9.79. The minimum atomic E-state index is 0.997. The van der Waals surface area contributed by atoms with Crippen LogP contribution in [-0.4, -0.2) is 4.57 Å². The molecule has 0 N–H and O–H groups in total. The zero-order valence-electron chi connectivity index (χ0n) is 11.9. The summed E-state index contributed by atoms with van der Waals surface area (Å²) in [5.74, 6) is 0. The minimum Gasteiger partial charge on any atom is -0.340 e. The van der Waals surface area contributed by atoms with E-state index in [1.54, 1.807) is 0 Å². The number of aromatic nitrogens is 1. The maximum Gasteiger partial charge on any atom is 0.0570 e. The molecule has 0 aliphatic heterocycles. The lowest BCUT2D eigenvalue weighted by molar-refractivity contribution is 0.829. The van der Waals surface area contributed by atoms with Crippen LogP contribution in [0.2, 0.25) is 0 Å². The van der Waals surface area contributed by atoms with Crippen LogP contribution in [0.15, 0.2) is 54.6 Å². The zero-order valence-corrected chi connectivity index (χ0v) is 11.9. The number of benzene rings is 3. The Labute approximate surface area is 118 Å². The van der Waals surface area contributed by atoms with Gasteiger partial charge in [0.25, 0.3) is 0 Å². The molecule has 0 fully saturated rings. The van der Waals surface area contributed by atoms with Gasteiger partial charge in [-0.05, 0) is 30.9 Å². The van der Waals surface area contributed by atoms with Crippen LogP contribution in [0.1, 0.15) is 12.5 Å². The smallest absolute Gasteiger partial charge is 0.0570 e. The number of nitrogens with zero attached hydrogens (tertiary/aromatic N) is 1. The first-order valence-corrected chi connectivity index (χ1v) is 7.20. The summed E-state index contributed by atoms with van der Waals surface area (Å²) in [4.78, 5) is 0. The quantitative estimate of drug-likeness (QED) is 0.438. The van der Waals surface area contributed by atoms with Crippen LogP contribution in [-0.2, 0) is 6.54 Å². The van der Waals surface area contributed by atoms with Crippen LogP contribution in [0.25, 0.3) is 32.6 Å². The fourth-order valence-corrected chi connectivity index (χ4v) is 3.30. The lowest BCUT2D eigenvalue weighted by Gasteiger charge is -2.06. The van der Waals surface area contributed by atoms with Crippen molar-refractivity contribution in [1.82, 2.24) is 4.57 Å². The summed E-state index contributed by atoms with van der Waals surface area (Å²) < 4.78 is 2.44. The normalized spacial score (nSPS) is 11.7. The van der Waals surface area contributed by atoms with Crippen molar-refractivity contribution in [2.75, 3.05) is 0 Å². The monoisotopic (exact) mass is 259 g/mol. The molecule has 0 amide bonds. The fraction of sp³-hybridized carbons (Fsp3) is 0.158. The number of aryl methyl sites for hydroxylation is 2. The molecular weight excluding hydrogens is 242 g/mol. The highest BCUT2D eigenvalue weighted by Gasteiger charge is 2.12. The average Bonchev–Trinajstić information content (AvgIpc) is 2.80. The van der Waals surface area contributed by atoms with Gasteiger partial charge >= 0.3 is 0 Å². The lowest BCUT2D eigenvalue weighted by Crippen LogP contribution is -1.93. The second kappa shape index (κ2) is 4.11. The molecule has 1 heterocycles. The zero-order chi connectivity index (χ0) is 13.7. The van der Waals surface area contributed by atoms with E-state index in [-0.39, 0.29) is 0 Å². The van der Waals surface area contributed by atoms with Crippen LogP contribution < -0.4 is 0 Å². The van der Waals surface area contributed by atoms with Crippen LogP contribution in [0.5, 0.6) is 0 Å². The van der Waals surface area contributed by atoms with E-state index >= 15 is 0 Å². The molecule has 4 rings (SSSR count). The van der Waals surface area contributed by atoms with Crippen molar-refractivity contribution in [2.24, 2.45) is 0 Å². The van der Waals surface area contributed by atoms with Crippen molar-refractivity contribution in [3.8, 4) is 0 Å². The van der Waals surface area contributed by atoms with Crippen LogP contribution in [0.4, 0.5) is 0 Å². The van der Waals surface area contributed by atoms with Gasteiger partial charge in [-0.15, -0.1) is 0 Å². The molecule has 4 aromatic rings. The second-order valence-electron chi connectivity index (χ2n) is 5.45. The van der Waals surface area contributed by atoms with E-state index in [0.29, 0.717) is 0 Å². The summed E-state index contributed by atoms with van der Waals surface area (Å²) in [5, 5.41) is 5.38. The van der Waals surface area contributed by atoms with Crippen molar-refractivity contribution in [1.29, 1.82) is 0 Å². The predicted molar refractivity (Wildman–Crippen MR) is 87.4 cm³/mol. The van der Waals surface area contributed by atoms with Gasteiger partial charge in [-0.1, -0.05) is 48.5 Å². The number of rotatable bonds is 1. The van der Waals surface area contributed by atoms with Gasteiger partial charge in [0.15, 0.2) is 0 Å². The van der Waals surface area contributed by atoms with Gasteiger partial charge in [0.2, 0.25) is 0 Å². The molecule has 0 aliphatic rings. The highest BCUT2D eigenvalue weighted by Crippen LogP contribution is 2.34. The summed E-state index contributed by atoms with van der Waals surface area (Å²) >= 11 is 0. The Bertz CT molecular complexity index is 944. The van der Waals surface area contributed by atoms with Crippen molar-refractivity contribution >= 4 is 32.6 Å². The summed E-state index contributed by atoms with van der Waals surface area (Å²) in [6, 6.07) is 19.9. The Hall–Kier alpha value is -2.28. The van der Waals surface area contributed by atoms with E-state index in [9.17, 15) is 0 Å². The van der Waals surface area contributed by atoms with E-state index < -0.39 is 0 Å². The van der Waals surface area contributed by atoms with E-state index in [2.05, 4.69) is 73.0 Å². The Morgan fingerprint density at radius 2 is 1.65 bits per heavy atom. The molecule has 20 heavy (non-hydrogen) atoms. The molecule has 3 aromatic carbocycles. The van der Waals surface area contributed by atoms with E-state index in [0.717, 1.165) is 6.54 Å². The van der Waals surface area contributed by atoms with Crippen molar-refractivity contribution < 1.29 is 0 Å². The van der Waals surface area contributed by atoms with Crippen LogP contribution in [0.3, 0.4) is 0 Å². The standard InChI is InChI=1S/C19H17N/c1-3-20-18-12-13(2)8-10-16(18)17-11-9-14-6-4-5-7-15(14)19(17)20/h4-12H,3H2,1-2H3. The average molecular weight is 259 g/mol. The van der Waals surface area contributed by atoms with Gasteiger partial charge in [0.1, 0.15) is 0 Å². The molecule has 0 atom stereocenters. The van der Waals surface area contributed by atoms with Crippen molar-refractivity contribution in [3.63, 3.8) is 0 Å². The Morgan fingerprint density at radius 3 is 2.50 bits per heavy atom. The summed E-state index contributed by atoms with van der Waals surface area (Å²) in [6.07, 6.45) is 0. The number of fused-ring (bicyclic) bond motifs is 5. The summed E-state index contributed by atoms with van der Waals surface area (Å²) in [6.45, 7) is 5.38. The molecular formula is C19H17N. The molecule has 1 aromatic heterocycles. The van der Waals surface area contributed by atoms with Crippen LogP contribution >= 0.6 is 0 Å². The Kier molecular flexibility index (Phi) is 2.37. The van der Waals surface area contributed by atoms with Gasteiger partial charge in [0.05, 0.1) is 5.52 Å². The molecule has 0 radical (unpaired) electrons. The van der Waals surface area contributed by atoms with Gasteiger partial charge in [-0.3, -0.25) is 0 Å². The van der Waals surface area contributed by atoms with Gasteiger partial charge in [-0.2, -0.15) is 0 Å². The minimum absolute atomic E-state index is 0.997. The van der Waals surface area contributed by atoms with Gasteiger partial charge in [-0.25, -0.2) is 0 Å². The second-order valence-corrected chi connectivity index (χ2v) is 5.45. The van der Waals surface area contributed by atoms with Gasteiger partial charge in [0, 0.05) is 28.2 Å². The topological polar surface area (TPSA) is 4.93 Å².